The molecule has 0 nitrogen and oxygen atoms in total. The standard InChI is InChI=1S/C12H22Si/c1-3-5-7-9-11-13-12-10-8-6-4-2/h9-12H,3-8H2,1-2H3/b11-9+,12-10+. The maximum atomic E-state index is 2.31. The predicted molar refractivity (Wildman–Crippen MR) is 63.1 cm³/mol. The Bertz CT molecular complexity index is 120. The summed E-state index contributed by atoms with van der Waals surface area (Å²) in [5.74, 6) is 0. The van der Waals surface area contributed by atoms with Crippen LogP contribution in [0.2, 0.25) is 0 Å². The van der Waals surface area contributed by atoms with E-state index in [0.29, 0.717) is 0 Å². The van der Waals surface area contributed by atoms with E-state index >= 15 is 0 Å². The van der Waals surface area contributed by atoms with Gasteiger partial charge in [-0.25, -0.2) is 0 Å². The Morgan fingerprint density at radius 1 is 0.846 bits per heavy atom. The van der Waals surface area contributed by atoms with Crippen molar-refractivity contribution in [3.8, 4) is 0 Å². The number of hydrogen-bond donors (Lipinski definition) is 0. The van der Waals surface area contributed by atoms with E-state index in [4.69, 9.17) is 0 Å². The van der Waals surface area contributed by atoms with Gasteiger partial charge >= 0.3 is 0 Å². The third-order valence-corrected chi connectivity index (χ3v) is 2.73. The van der Waals surface area contributed by atoms with E-state index in [1.165, 1.54) is 38.5 Å². The first-order valence-electron chi connectivity index (χ1n) is 5.47. The first kappa shape index (κ1) is 12.7. The van der Waals surface area contributed by atoms with Gasteiger partial charge in [0.05, 0.1) is 0 Å². The van der Waals surface area contributed by atoms with E-state index in [-0.39, 0.29) is 0 Å². The van der Waals surface area contributed by atoms with Crippen LogP contribution in [-0.4, -0.2) is 9.52 Å². The van der Waals surface area contributed by atoms with Crippen molar-refractivity contribution in [1.82, 2.24) is 0 Å². The van der Waals surface area contributed by atoms with Crippen LogP contribution >= 0.6 is 0 Å². The SMILES string of the molecule is CCCC/C=C/[Si]/C=C/CCCC. The molecule has 13 heavy (non-hydrogen) atoms. The molecule has 0 atom stereocenters. The zero-order valence-electron chi connectivity index (χ0n) is 9.05. The predicted octanol–water partition coefficient (Wildman–Crippen LogP) is 4.10. The summed E-state index contributed by atoms with van der Waals surface area (Å²) in [6, 6.07) is 0. The number of hydrogen-bond acceptors (Lipinski definition) is 0. The maximum Gasteiger partial charge on any atom is 0.100 e. The molecule has 0 aromatic rings. The van der Waals surface area contributed by atoms with Crippen LogP contribution in [0, 0.1) is 0 Å². The van der Waals surface area contributed by atoms with Crippen molar-refractivity contribution in [2.75, 3.05) is 0 Å². The quantitative estimate of drug-likeness (QED) is 0.403. The first-order valence-corrected chi connectivity index (χ1v) is 6.63. The van der Waals surface area contributed by atoms with Gasteiger partial charge in [0.1, 0.15) is 9.52 Å². The lowest BCUT2D eigenvalue weighted by molar-refractivity contribution is 0.815. The lowest BCUT2D eigenvalue weighted by Gasteiger charge is -1.88. The minimum atomic E-state index is 0.894. The molecule has 0 unspecified atom stereocenters. The lowest BCUT2D eigenvalue weighted by atomic mass is 10.2. The Balaban J connectivity index is 3.13. The average Bonchev–Trinajstić information content (AvgIpc) is 2.16. The van der Waals surface area contributed by atoms with Crippen LogP contribution in [0.5, 0.6) is 0 Å². The second kappa shape index (κ2) is 11.7. The highest BCUT2D eigenvalue weighted by molar-refractivity contribution is 6.48. The first-order chi connectivity index (χ1) is 6.41. The lowest BCUT2D eigenvalue weighted by Crippen LogP contribution is -1.77. The summed E-state index contributed by atoms with van der Waals surface area (Å²) in [4.78, 5) is 0. The topological polar surface area (TPSA) is 0 Å². The molecule has 0 N–H and O–H groups in total. The van der Waals surface area contributed by atoms with E-state index in [1.54, 1.807) is 0 Å². The Labute approximate surface area is 85.9 Å². The summed E-state index contributed by atoms with van der Waals surface area (Å²) in [6.45, 7) is 4.47. The van der Waals surface area contributed by atoms with Gasteiger partial charge in [-0.3, -0.25) is 0 Å². The fourth-order valence-electron chi connectivity index (χ4n) is 1.00. The summed E-state index contributed by atoms with van der Waals surface area (Å²) in [5.41, 5.74) is 4.61. The highest BCUT2D eigenvalue weighted by Gasteiger charge is 1.79. The van der Waals surface area contributed by atoms with Crippen LogP contribution in [0.4, 0.5) is 0 Å². The highest BCUT2D eigenvalue weighted by Crippen LogP contribution is 1.95. The average molecular weight is 194 g/mol. The summed E-state index contributed by atoms with van der Waals surface area (Å²) in [5, 5.41) is 0. The van der Waals surface area contributed by atoms with Crippen molar-refractivity contribution in [2.24, 2.45) is 0 Å². The van der Waals surface area contributed by atoms with Gasteiger partial charge in [-0.15, -0.1) is 0 Å². The molecule has 1 heteroatoms. The number of rotatable bonds is 8. The smallest absolute Gasteiger partial charge is 0.0979 e. The molecule has 0 amide bonds. The monoisotopic (exact) mass is 194 g/mol. The molecular formula is C12H22Si. The minimum absolute atomic E-state index is 0.894. The molecule has 0 aromatic heterocycles. The zero-order valence-corrected chi connectivity index (χ0v) is 10.1. The minimum Gasteiger partial charge on any atom is -0.0979 e. The van der Waals surface area contributed by atoms with Crippen LogP contribution in [0.25, 0.3) is 0 Å². The molecule has 0 aliphatic carbocycles. The molecule has 0 bridgehead atoms. The maximum absolute atomic E-state index is 2.31. The van der Waals surface area contributed by atoms with Gasteiger partial charge in [0.15, 0.2) is 0 Å². The Kier molecular flexibility index (Phi) is 11.4. The second-order valence-corrected chi connectivity index (χ2v) is 4.26. The molecule has 74 valence electrons. The molecule has 0 saturated heterocycles. The van der Waals surface area contributed by atoms with Crippen LogP contribution in [0.3, 0.4) is 0 Å². The third-order valence-electron chi connectivity index (χ3n) is 1.88. The van der Waals surface area contributed by atoms with Crippen LogP contribution < -0.4 is 0 Å². The Morgan fingerprint density at radius 2 is 1.31 bits per heavy atom. The summed E-state index contributed by atoms with van der Waals surface area (Å²) in [7, 11) is 0.894. The molecule has 0 aromatic carbocycles. The van der Waals surface area contributed by atoms with Gasteiger partial charge in [-0.1, -0.05) is 63.1 Å². The fourth-order valence-corrected chi connectivity index (χ4v) is 1.72. The molecule has 0 fully saturated rings. The molecule has 0 spiro atoms. The fraction of sp³-hybridized carbons (Fsp3) is 0.667. The summed E-state index contributed by atoms with van der Waals surface area (Å²) < 4.78 is 0. The molecule has 0 aliphatic rings. The van der Waals surface area contributed by atoms with Gasteiger partial charge in [0.2, 0.25) is 0 Å². The van der Waals surface area contributed by atoms with Crippen molar-refractivity contribution in [3.05, 3.63) is 23.6 Å². The Hall–Kier alpha value is -0.303. The summed E-state index contributed by atoms with van der Waals surface area (Å²) >= 11 is 0. The van der Waals surface area contributed by atoms with Crippen molar-refractivity contribution < 1.29 is 0 Å². The largest absolute Gasteiger partial charge is 0.100 e. The van der Waals surface area contributed by atoms with E-state index in [1.807, 2.05) is 0 Å². The van der Waals surface area contributed by atoms with E-state index in [2.05, 4.69) is 37.4 Å². The van der Waals surface area contributed by atoms with Crippen LogP contribution in [0.15, 0.2) is 23.6 Å². The third kappa shape index (κ3) is 11.7. The van der Waals surface area contributed by atoms with Crippen LogP contribution in [-0.2, 0) is 0 Å². The summed E-state index contributed by atoms with van der Waals surface area (Å²) in [6.07, 6.45) is 12.4. The van der Waals surface area contributed by atoms with Gasteiger partial charge in [-0.05, 0) is 12.8 Å². The number of unbranched alkanes of at least 4 members (excludes halogenated alkanes) is 4. The van der Waals surface area contributed by atoms with Crippen molar-refractivity contribution in [2.45, 2.75) is 52.4 Å². The Morgan fingerprint density at radius 3 is 1.69 bits per heavy atom. The van der Waals surface area contributed by atoms with Crippen LogP contribution in [0.1, 0.15) is 52.4 Å². The molecule has 0 rings (SSSR count). The van der Waals surface area contributed by atoms with E-state index < -0.39 is 0 Å². The molecule has 2 radical (unpaired) electrons. The van der Waals surface area contributed by atoms with E-state index in [0.717, 1.165) is 9.52 Å². The van der Waals surface area contributed by atoms with Crippen molar-refractivity contribution in [1.29, 1.82) is 0 Å². The molecular weight excluding hydrogens is 172 g/mol. The van der Waals surface area contributed by atoms with Gasteiger partial charge in [-0.2, -0.15) is 0 Å². The number of allylic oxidation sites excluding steroid dienone is 2. The second-order valence-electron chi connectivity index (χ2n) is 3.26. The van der Waals surface area contributed by atoms with Gasteiger partial charge in [0.25, 0.3) is 0 Å². The highest BCUT2D eigenvalue weighted by atomic mass is 28.2. The molecule has 0 heterocycles. The van der Waals surface area contributed by atoms with Gasteiger partial charge < -0.3 is 0 Å². The normalized spacial score (nSPS) is 11.8. The van der Waals surface area contributed by atoms with Crippen molar-refractivity contribution >= 4 is 9.52 Å². The molecule has 0 aliphatic heterocycles. The zero-order chi connectivity index (χ0) is 9.78. The van der Waals surface area contributed by atoms with Gasteiger partial charge in [0, 0.05) is 0 Å². The van der Waals surface area contributed by atoms with E-state index in [9.17, 15) is 0 Å². The van der Waals surface area contributed by atoms with Crippen molar-refractivity contribution in [3.63, 3.8) is 0 Å². The molecule has 0 saturated carbocycles.